The normalized spacial score (nSPS) is 14.2. The summed E-state index contributed by atoms with van der Waals surface area (Å²) in [4.78, 5) is 0. The van der Waals surface area contributed by atoms with E-state index >= 15 is 0 Å². The van der Waals surface area contributed by atoms with Crippen molar-refractivity contribution in [3.63, 3.8) is 0 Å². The first kappa shape index (κ1) is 10.9. The van der Waals surface area contributed by atoms with Gasteiger partial charge in [-0.1, -0.05) is 23.2 Å². The Morgan fingerprint density at radius 2 is 2.18 bits per heavy atom. The van der Waals surface area contributed by atoms with Gasteiger partial charge < -0.3 is 0 Å². The van der Waals surface area contributed by atoms with Crippen molar-refractivity contribution >= 4 is 29.2 Å². The molecular formula is C11H11Cl2N4+. The largest absolute Gasteiger partial charge is 0.377 e. The Bertz CT molecular complexity index is 565. The van der Waals surface area contributed by atoms with Gasteiger partial charge in [-0.25, -0.2) is 4.57 Å². The van der Waals surface area contributed by atoms with E-state index in [0.717, 1.165) is 36.8 Å². The van der Waals surface area contributed by atoms with E-state index in [1.165, 1.54) is 0 Å². The van der Waals surface area contributed by atoms with Crippen LogP contribution in [0.2, 0.25) is 10.0 Å². The molecule has 2 heterocycles. The van der Waals surface area contributed by atoms with Crippen LogP contribution in [0.15, 0.2) is 18.2 Å². The highest BCUT2D eigenvalue weighted by Gasteiger charge is 2.24. The fourth-order valence-corrected chi connectivity index (χ4v) is 2.51. The predicted molar refractivity (Wildman–Crippen MR) is 67.3 cm³/mol. The summed E-state index contributed by atoms with van der Waals surface area (Å²) in [7, 11) is 0. The molecule has 88 valence electrons. The molecule has 0 bridgehead atoms. The number of nitrogens with zero attached hydrogens (tertiary/aromatic N) is 2. The zero-order valence-electron chi connectivity index (χ0n) is 9.00. The van der Waals surface area contributed by atoms with Crippen LogP contribution in [-0.4, -0.2) is 16.7 Å². The Hall–Kier alpha value is -1.26. The van der Waals surface area contributed by atoms with Crippen molar-refractivity contribution in [2.24, 2.45) is 0 Å². The second-order valence-corrected chi connectivity index (χ2v) is 4.80. The maximum absolute atomic E-state index is 6.20. The van der Waals surface area contributed by atoms with Crippen LogP contribution in [0, 0.1) is 0 Å². The lowest BCUT2D eigenvalue weighted by atomic mass is 10.2. The minimum atomic E-state index is 0.627. The van der Waals surface area contributed by atoms with E-state index < -0.39 is 0 Å². The topological polar surface area (TPSA) is 44.6 Å². The number of aromatic nitrogens is 3. The van der Waals surface area contributed by atoms with Crippen molar-refractivity contribution < 1.29 is 4.57 Å². The van der Waals surface area contributed by atoms with Crippen LogP contribution < -0.4 is 9.88 Å². The van der Waals surface area contributed by atoms with Crippen molar-refractivity contribution in [2.75, 3.05) is 11.9 Å². The lowest BCUT2D eigenvalue weighted by Gasteiger charge is -2.10. The highest BCUT2D eigenvalue weighted by atomic mass is 35.5. The molecule has 4 nitrogen and oxygen atoms in total. The van der Waals surface area contributed by atoms with Gasteiger partial charge >= 0.3 is 5.95 Å². The number of fused-ring (bicyclic) bond motifs is 1. The molecule has 0 atom stereocenters. The van der Waals surface area contributed by atoms with Gasteiger partial charge in [-0.05, 0) is 18.2 Å². The first-order chi connectivity index (χ1) is 8.25. The van der Waals surface area contributed by atoms with Crippen LogP contribution >= 0.6 is 23.2 Å². The lowest BCUT2D eigenvalue weighted by Crippen LogP contribution is -2.42. The number of H-pyrrole nitrogens is 1. The van der Waals surface area contributed by atoms with Crippen molar-refractivity contribution in [3.05, 3.63) is 28.2 Å². The summed E-state index contributed by atoms with van der Waals surface area (Å²) >= 11 is 12.1. The molecule has 0 saturated carbocycles. The van der Waals surface area contributed by atoms with Gasteiger partial charge in [0, 0.05) is 16.5 Å². The molecule has 1 aliphatic rings. The first-order valence-corrected chi connectivity index (χ1v) is 6.19. The van der Waals surface area contributed by atoms with Crippen molar-refractivity contribution in [2.45, 2.75) is 13.0 Å². The molecule has 2 aromatic rings. The summed E-state index contributed by atoms with van der Waals surface area (Å²) in [5, 5.41) is 11.7. The van der Waals surface area contributed by atoms with E-state index in [1.807, 2.05) is 12.1 Å². The molecule has 0 saturated heterocycles. The molecule has 0 unspecified atom stereocenters. The quantitative estimate of drug-likeness (QED) is 0.782. The Balaban J connectivity index is 2.12. The fraction of sp³-hybridized carbons (Fsp3) is 0.273. The number of anilines is 1. The molecule has 6 heteroatoms. The maximum atomic E-state index is 6.20. The molecule has 1 aromatic carbocycles. The Morgan fingerprint density at radius 3 is 3.00 bits per heavy atom. The molecule has 17 heavy (non-hydrogen) atoms. The lowest BCUT2D eigenvalue weighted by molar-refractivity contribution is -0.675. The Labute approximate surface area is 109 Å². The number of aromatic amines is 1. The van der Waals surface area contributed by atoms with Gasteiger partial charge in [0.15, 0.2) is 0 Å². The summed E-state index contributed by atoms with van der Waals surface area (Å²) in [6.07, 6.45) is 1.08. The van der Waals surface area contributed by atoms with Gasteiger partial charge in [0.05, 0.1) is 23.7 Å². The van der Waals surface area contributed by atoms with Gasteiger partial charge in [0.2, 0.25) is 5.82 Å². The minimum absolute atomic E-state index is 0.627. The zero-order chi connectivity index (χ0) is 11.8. The molecule has 3 rings (SSSR count). The molecule has 1 aliphatic heterocycles. The summed E-state index contributed by atoms with van der Waals surface area (Å²) in [5.41, 5.74) is 0.915. The summed E-state index contributed by atoms with van der Waals surface area (Å²) in [6, 6.07) is 5.47. The number of benzene rings is 1. The highest BCUT2D eigenvalue weighted by Crippen LogP contribution is 2.28. The number of halogens is 2. The van der Waals surface area contributed by atoms with E-state index in [-0.39, 0.29) is 0 Å². The predicted octanol–water partition coefficient (Wildman–Crippen LogP) is 2.49. The minimum Gasteiger partial charge on any atom is -0.292 e. The van der Waals surface area contributed by atoms with E-state index in [1.54, 1.807) is 6.07 Å². The fourth-order valence-electron chi connectivity index (χ4n) is 2.01. The Kier molecular flexibility index (Phi) is 2.68. The van der Waals surface area contributed by atoms with E-state index in [0.29, 0.717) is 10.0 Å². The Morgan fingerprint density at radius 1 is 1.29 bits per heavy atom. The van der Waals surface area contributed by atoms with Crippen LogP contribution in [0.3, 0.4) is 0 Å². The standard InChI is InChI=1S/C11H10Cl2N4/c12-7-2-3-8(9(13)6-7)10-15-16-11-14-4-1-5-17(10)11/h2-3,6H,1,4-5H2,(H,14,16)/p+1. The highest BCUT2D eigenvalue weighted by molar-refractivity contribution is 6.36. The monoisotopic (exact) mass is 269 g/mol. The van der Waals surface area contributed by atoms with Crippen LogP contribution in [0.1, 0.15) is 6.42 Å². The molecule has 0 fully saturated rings. The van der Waals surface area contributed by atoms with Crippen molar-refractivity contribution in [1.29, 1.82) is 0 Å². The zero-order valence-corrected chi connectivity index (χ0v) is 10.5. The number of nitrogens with one attached hydrogen (secondary N) is 2. The second-order valence-electron chi connectivity index (χ2n) is 3.95. The van der Waals surface area contributed by atoms with Crippen LogP contribution in [-0.2, 0) is 6.54 Å². The van der Waals surface area contributed by atoms with Gasteiger partial charge in [-0.15, -0.1) is 0 Å². The third kappa shape index (κ3) is 1.87. The summed E-state index contributed by atoms with van der Waals surface area (Å²) < 4.78 is 2.10. The van der Waals surface area contributed by atoms with Gasteiger partial charge in [0.25, 0.3) is 0 Å². The smallest absolute Gasteiger partial charge is 0.292 e. The number of hydrogen-bond donors (Lipinski definition) is 2. The van der Waals surface area contributed by atoms with Crippen LogP contribution in [0.4, 0.5) is 5.95 Å². The molecule has 0 radical (unpaired) electrons. The van der Waals surface area contributed by atoms with Crippen molar-refractivity contribution in [3.8, 4) is 11.4 Å². The van der Waals surface area contributed by atoms with Gasteiger partial charge in [-0.3, -0.25) is 5.32 Å². The molecule has 0 aliphatic carbocycles. The summed E-state index contributed by atoms with van der Waals surface area (Å²) in [5.74, 6) is 1.77. The number of rotatable bonds is 1. The van der Waals surface area contributed by atoms with Gasteiger partial charge in [0.1, 0.15) is 0 Å². The van der Waals surface area contributed by atoms with Crippen LogP contribution in [0.5, 0.6) is 0 Å². The average Bonchev–Trinajstić information content (AvgIpc) is 2.73. The maximum Gasteiger partial charge on any atom is 0.377 e. The molecular weight excluding hydrogens is 259 g/mol. The van der Waals surface area contributed by atoms with E-state index in [2.05, 4.69) is 20.1 Å². The van der Waals surface area contributed by atoms with Crippen molar-refractivity contribution in [1.82, 2.24) is 10.2 Å². The second kappa shape index (κ2) is 4.20. The average molecular weight is 270 g/mol. The summed E-state index contributed by atoms with van der Waals surface area (Å²) in [6.45, 7) is 1.89. The van der Waals surface area contributed by atoms with Crippen LogP contribution in [0.25, 0.3) is 11.4 Å². The van der Waals surface area contributed by atoms with E-state index in [9.17, 15) is 0 Å². The third-order valence-electron chi connectivity index (χ3n) is 2.82. The molecule has 0 spiro atoms. The molecule has 2 N–H and O–H groups in total. The third-order valence-corrected chi connectivity index (χ3v) is 3.37. The van der Waals surface area contributed by atoms with Gasteiger partial charge in [-0.2, -0.15) is 5.10 Å². The van der Waals surface area contributed by atoms with E-state index in [4.69, 9.17) is 23.2 Å². The number of hydrogen-bond acceptors (Lipinski definition) is 2. The SMILES string of the molecule is Clc1ccc(-c2[nH]nc3[n+]2CCCN3)c(Cl)c1. The first-order valence-electron chi connectivity index (χ1n) is 5.43. The molecule has 0 amide bonds. The molecule has 1 aromatic heterocycles.